The van der Waals surface area contributed by atoms with Crippen molar-refractivity contribution in [3.8, 4) is 0 Å². The van der Waals surface area contributed by atoms with Crippen LogP contribution >= 0.6 is 0 Å². The molecule has 1 heterocycles. The standard InChI is InChI=1S/C11H18N.FH/c1-3-4-5-8-12-9-6-11(2)7-10-12;/h6-7,9-10H,3-5,8H2,1-2H3;1H/q+1;/p-1. The van der Waals surface area contributed by atoms with E-state index in [1.54, 1.807) is 0 Å². The van der Waals surface area contributed by atoms with Gasteiger partial charge in [0.25, 0.3) is 0 Å². The number of aromatic nitrogens is 1. The molecule has 0 radical (unpaired) electrons. The smallest absolute Gasteiger partial charge is 0.169 e. The highest BCUT2D eigenvalue weighted by Crippen LogP contribution is 1.94. The molecular formula is C11H18FN. The molecule has 0 fully saturated rings. The van der Waals surface area contributed by atoms with Crippen molar-refractivity contribution < 1.29 is 9.27 Å². The summed E-state index contributed by atoms with van der Waals surface area (Å²) in [7, 11) is 0. The van der Waals surface area contributed by atoms with Gasteiger partial charge in [0, 0.05) is 18.6 Å². The molecule has 0 aliphatic carbocycles. The van der Waals surface area contributed by atoms with Crippen molar-refractivity contribution in [1.82, 2.24) is 0 Å². The van der Waals surface area contributed by atoms with E-state index in [1.165, 1.54) is 24.8 Å². The highest BCUT2D eigenvalue weighted by atomic mass is 19.0. The zero-order valence-corrected chi connectivity index (χ0v) is 8.46. The van der Waals surface area contributed by atoms with Crippen LogP contribution in [0.15, 0.2) is 24.5 Å². The Labute approximate surface area is 79.8 Å². The maximum absolute atomic E-state index is 2.25. The molecule has 0 amide bonds. The average Bonchev–Trinajstić information content (AvgIpc) is 2.09. The number of halogens is 1. The molecule has 74 valence electrons. The molecule has 0 aliphatic rings. The van der Waals surface area contributed by atoms with Gasteiger partial charge >= 0.3 is 0 Å². The largest absolute Gasteiger partial charge is 1.00 e. The molecule has 0 aromatic carbocycles. The second kappa shape index (κ2) is 6.58. The zero-order chi connectivity index (χ0) is 8.81. The first-order valence-electron chi connectivity index (χ1n) is 4.78. The Morgan fingerprint density at radius 3 is 2.31 bits per heavy atom. The number of hydrogen-bond acceptors (Lipinski definition) is 0. The molecule has 1 rings (SSSR count). The highest BCUT2D eigenvalue weighted by Gasteiger charge is 1.97. The third kappa shape index (κ3) is 4.61. The van der Waals surface area contributed by atoms with Crippen molar-refractivity contribution in [2.75, 3.05) is 0 Å². The molecule has 0 N–H and O–H groups in total. The molecule has 13 heavy (non-hydrogen) atoms. The number of nitrogens with zero attached hydrogens (tertiary/aromatic N) is 1. The van der Waals surface area contributed by atoms with Gasteiger partial charge in [-0.05, 0) is 18.9 Å². The number of aryl methyl sites for hydroxylation is 2. The summed E-state index contributed by atoms with van der Waals surface area (Å²) in [5, 5.41) is 0. The molecule has 0 saturated heterocycles. The second-order valence-corrected chi connectivity index (χ2v) is 3.32. The Morgan fingerprint density at radius 1 is 1.15 bits per heavy atom. The lowest BCUT2D eigenvalue weighted by Gasteiger charge is -1.95. The number of rotatable bonds is 4. The number of hydrogen-bond donors (Lipinski definition) is 0. The number of unbranched alkanes of at least 4 members (excludes halogenated alkanes) is 2. The van der Waals surface area contributed by atoms with E-state index >= 15 is 0 Å². The minimum absolute atomic E-state index is 0. The maximum Gasteiger partial charge on any atom is 0.169 e. The van der Waals surface area contributed by atoms with E-state index in [2.05, 4.69) is 42.9 Å². The molecule has 0 bridgehead atoms. The highest BCUT2D eigenvalue weighted by molar-refractivity contribution is 5.03. The number of pyridine rings is 1. The Balaban J connectivity index is 0.00000144. The SMILES string of the molecule is CCCCC[n+]1ccc(C)cc1.[F-]. The fourth-order valence-electron chi connectivity index (χ4n) is 1.23. The van der Waals surface area contributed by atoms with Crippen LogP contribution in [0.1, 0.15) is 31.7 Å². The van der Waals surface area contributed by atoms with E-state index < -0.39 is 0 Å². The van der Waals surface area contributed by atoms with Crippen molar-refractivity contribution >= 4 is 0 Å². The third-order valence-electron chi connectivity index (χ3n) is 2.08. The van der Waals surface area contributed by atoms with Gasteiger partial charge in [0.2, 0.25) is 0 Å². The van der Waals surface area contributed by atoms with Gasteiger partial charge in [-0.15, -0.1) is 0 Å². The molecule has 0 saturated carbocycles. The maximum atomic E-state index is 2.25. The molecule has 0 spiro atoms. The van der Waals surface area contributed by atoms with Crippen LogP contribution in [0.3, 0.4) is 0 Å². The van der Waals surface area contributed by atoms with Crippen molar-refractivity contribution in [3.05, 3.63) is 30.1 Å². The molecule has 1 aromatic heterocycles. The summed E-state index contributed by atoms with van der Waals surface area (Å²) in [4.78, 5) is 0. The zero-order valence-electron chi connectivity index (χ0n) is 8.46. The van der Waals surface area contributed by atoms with Crippen molar-refractivity contribution in [3.63, 3.8) is 0 Å². The first-order valence-corrected chi connectivity index (χ1v) is 4.78. The Bertz CT molecular complexity index is 218. The predicted molar refractivity (Wildman–Crippen MR) is 50.9 cm³/mol. The minimum atomic E-state index is 0. The van der Waals surface area contributed by atoms with Crippen LogP contribution in [-0.4, -0.2) is 0 Å². The van der Waals surface area contributed by atoms with Crippen LogP contribution < -0.4 is 9.27 Å². The van der Waals surface area contributed by atoms with E-state index in [4.69, 9.17) is 0 Å². The van der Waals surface area contributed by atoms with Gasteiger partial charge in [-0.1, -0.05) is 13.3 Å². The van der Waals surface area contributed by atoms with Crippen LogP contribution in [-0.2, 0) is 6.54 Å². The molecular weight excluding hydrogens is 165 g/mol. The topological polar surface area (TPSA) is 3.88 Å². The minimum Gasteiger partial charge on any atom is -1.00 e. The van der Waals surface area contributed by atoms with E-state index in [9.17, 15) is 0 Å². The Morgan fingerprint density at radius 2 is 1.77 bits per heavy atom. The first kappa shape index (κ1) is 12.1. The van der Waals surface area contributed by atoms with E-state index in [1.807, 2.05) is 0 Å². The van der Waals surface area contributed by atoms with Crippen LogP contribution in [0.2, 0.25) is 0 Å². The van der Waals surface area contributed by atoms with Gasteiger partial charge in [0.1, 0.15) is 6.54 Å². The van der Waals surface area contributed by atoms with Gasteiger partial charge in [0.15, 0.2) is 12.4 Å². The Kier molecular flexibility index (Phi) is 6.11. The molecule has 1 aromatic rings. The summed E-state index contributed by atoms with van der Waals surface area (Å²) in [5.41, 5.74) is 1.33. The van der Waals surface area contributed by atoms with Crippen LogP contribution in [0.5, 0.6) is 0 Å². The van der Waals surface area contributed by atoms with Gasteiger partial charge in [0.05, 0.1) is 0 Å². The van der Waals surface area contributed by atoms with Crippen molar-refractivity contribution in [2.24, 2.45) is 0 Å². The Hall–Kier alpha value is -0.920. The summed E-state index contributed by atoms with van der Waals surface area (Å²) >= 11 is 0. The van der Waals surface area contributed by atoms with Crippen LogP contribution in [0.4, 0.5) is 0 Å². The van der Waals surface area contributed by atoms with Gasteiger partial charge in [-0.2, -0.15) is 0 Å². The average molecular weight is 183 g/mol. The van der Waals surface area contributed by atoms with E-state index in [-0.39, 0.29) is 4.70 Å². The predicted octanol–water partition coefficient (Wildman–Crippen LogP) is -0.523. The van der Waals surface area contributed by atoms with Gasteiger partial charge in [-0.3, -0.25) is 0 Å². The fourth-order valence-corrected chi connectivity index (χ4v) is 1.23. The van der Waals surface area contributed by atoms with E-state index in [0.29, 0.717) is 0 Å². The molecule has 0 unspecified atom stereocenters. The fraction of sp³-hybridized carbons (Fsp3) is 0.545. The monoisotopic (exact) mass is 183 g/mol. The molecule has 2 heteroatoms. The van der Waals surface area contributed by atoms with Crippen molar-refractivity contribution in [1.29, 1.82) is 0 Å². The summed E-state index contributed by atoms with van der Waals surface area (Å²) in [6, 6.07) is 4.32. The normalized spacial score (nSPS) is 9.38. The van der Waals surface area contributed by atoms with Gasteiger partial charge in [-0.25, -0.2) is 4.57 Å². The van der Waals surface area contributed by atoms with Crippen LogP contribution in [0.25, 0.3) is 0 Å². The van der Waals surface area contributed by atoms with Crippen molar-refractivity contribution in [2.45, 2.75) is 39.7 Å². The summed E-state index contributed by atoms with van der Waals surface area (Å²) in [6.45, 7) is 5.52. The molecule has 0 atom stereocenters. The lowest BCUT2D eigenvalue weighted by atomic mass is 10.2. The summed E-state index contributed by atoms with van der Waals surface area (Å²) in [5.74, 6) is 0. The summed E-state index contributed by atoms with van der Waals surface area (Å²) in [6.07, 6.45) is 8.24. The van der Waals surface area contributed by atoms with Crippen LogP contribution in [0, 0.1) is 6.92 Å². The molecule has 1 nitrogen and oxygen atoms in total. The van der Waals surface area contributed by atoms with Gasteiger partial charge < -0.3 is 4.70 Å². The third-order valence-corrected chi connectivity index (χ3v) is 2.08. The quantitative estimate of drug-likeness (QED) is 0.437. The lowest BCUT2D eigenvalue weighted by Crippen LogP contribution is -3.00. The lowest BCUT2D eigenvalue weighted by molar-refractivity contribution is -0.697. The first-order chi connectivity index (χ1) is 5.83. The second-order valence-electron chi connectivity index (χ2n) is 3.32. The van der Waals surface area contributed by atoms with E-state index in [0.717, 1.165) is 6.54 Å². The molecule has 0 aliphatic heterocycles. The summed E-state index contributed by atoms with van der Waals surface area (Å²) < 4.78 is 2.25.